The molecule has 4 rings (SSSR count). The summed E-state index contributed by atoms with van der Waals surface area (Å²) in [5, 5.41) is 7.82. The van der Waals surface area contributed by atoms with Crippen LogP contribution in [0.3, 0.4) is 0 Å². The van der Waals surface area contributed by atoms with E-state index >= 15 is 0 Å². The fourth-order valence-corrected chi connectivity index (χ4v) is 2.87. The quantitative estimate of drug-likeness (QED) is 0.796. The van der Waals surface area contributed by atoms with Crippen molar-refractivity contribution in [2.45, 2.75) is 32.0 Å². The Hall–Kier alpha value is -2.60. The Morgan fingerprint density at radius 3 is 2.96 bits per heavy atom. The van der Waals surface area contributed by atoms with Gasteiger partial charge in [0, 0.05) is 30.8 Å². The molecule has 6 nitrogen and oxygen atoms in total. The van der Waals surface area contributed by atoms with Gasteiger partial charge in [-0.15, -0.1) is 0 Å². The molecule has 1 N–H and O–H groups in total. The summed E-state index contributed by atoms with van der Waals surface area (Å²) in [6.45, 7) is 1.60. The molecule has 1 atom stereocenters. The Labute approximate surface area is 134 Å². The molecule has 6 heteroatoms. The first-order valence-electron chi connectivity index (χ1n) is 7.86. The van der Waals surface area contributed by atoms with Gasteiger partial charge < -0.3 is 5.32 Å². The molecule has 1 aromatic carbocycles. The van der Waals surface area contributed by atoms with Gasteiger partial charge in [-0.05, 0) is 12.5 Å². The minimum Gasteiger partial charge on any atom is -0.307 e. The molecule has 0 saturated heterocycles. The molecule has 23 heavy (non-hydrogen) atoms. The van der Waals surface area contributed by atoms with Crippen molar-refractivity contribution in [3.05, 3.63) is 60.4 Å². The van der Waals surface area contributed by atoms with E-state index in [0.29, 0.717) is 6.04 Å². The molecule has 1 aliphatic heterocycles. The van der Waals surface area contributed by atoms with E-state index in [1.807, 2.05) is 47.3 Å². The molecule has 0 spiro atoms. The van der Waals surface area contributed by atoms with Crippen LogP contribution in [0.15, 0.2) is 48.9 Å². The Kier molecular flexibility index (Phi) is 3.81. The van der Waals surface area contributed by atoms with Gasteiger partial charge in [-0.1, -0.05) is 30.3 Å². The van der Waals surface area contributed by atoms with E-state index in [0.717, 1.165) is 48.8 Å². The van der Waals surface area contributed by atoms with Crippen molar-refractivity contribution in [2.75, 3.05) is 0 Å². The van der Waals surface area contributed by atoms with Gasteiger partial charge >= 0.3 is 0 Å². The first kappa shape index (κ1) is 14.0. The Morgan fingerprint density at radius 2 is 2.04 bits per heavy atom. The standard InChI is InChI=1S/C17H18N6/c1-2-4-13(5-3-1)17-18-9-8-14(22-17)10-19-15-6-7-16-20-12-21-23(16)11-15/h1-5,8-9,12,15,19H,6-7,10-11H2/t15-/m0/s1. The van der Waals surface area contributed by atoms with Crippen molar-refractivity contribution in [3.63, 3.8) is 0 Å². The summed E-state index contributed by atoms with van der Waals surface area (Å²) in [4.78, 5) is 13.3. The molecule has 2 aromatic heterocycles. The maximum Gasteiger partial charge on any atom is 0.159 e. The average Bonchev–Trinajstić information content (AvgIpc) is 3.09. The van der Waals surface area contributed by atoms with Crippen molar-refractivity contribution in [1.82, 2.24) is 30.0 Å². The van der Waals surface area contributed by atoms with Crippen molar-refractivity contribution in [3.8, 4) is 11.4 Å². The van der Waals surface area contributed by atoms with Crippen LogP contribution in [0.5, 0.6) is 0 Å². The van der Waals surface area contributed by atoms with Gasteiger partial charge in [-0.3, -0.25) is 0 Å². The van der Waals surface area contributed by atoms with Crippen molar-refractivity contribution in [2.24, 2.45) is 0 Å². The first-order valence-corrected chi connectivity index (χ1v) is 7.86. The molecule has 0 radical (unpaired) electrons. The van der Waals surface area contributed by atoms with Crippen LogP contribution in [0.1, 0.15) is 17.9 Å². The zero-order valence-electron chi connectivity index (χ0n) is 12.8. The molecule has 0 unspecified atom stereocenters. The van der Waals surface area contributed by atoms with Gasteiger partial charge in [0.2, 0.25) is 0 Å². The molecule has 0 amide bonds. The summed E-state index contributed by atoms with van der Waals surface area (Å²) in [7, 11) is 0. The van der Waals surface area contributed by atoms with E-state index in [1.54, 1.807) is 6.33 Å². The second-order valence-electron chi connectivity index (χ2n) is 5.71. The van der Waals surface area contributed by atoms with Gasteiger partial charge in [0.25, 0.3) is 0 Å². The molecule has 0 aliphatic carbocycles. The molecule has 1 aliphatic rings. The van der Waals surface area contributed by atoms with Crippen LogP contribution in [0.2, 0.25) is 0 Å². The van der Waals surface area contributed by atoms with Gasteiger partial charge in [0.05, 0.1) is 12.2 Å². The van der Waals surface area contributed by atoms with Crippen LogP contribution in [0.25, 0.3) is 11.4 Å². The van der Waals surface area contributed by atoms with E-state index in [4.69, 9.17) is 0 Å². The molecular weight excluding hydrogens is 288 g/mol. The minimum atomic E-state index is 0.402. The number of nitrogens with zero attached hydrogens (tertiary/aromatic N) is 5. The van der Waals surface area contributed by atoms with Gasteiger partial charge in [0.1, 0.15) is 12.2 Å². The third-order valence-electron chi connectivity index (χ3n) is 4.12. The summed E-state index contributed by atoms with van der Waals surface area (Å²) in [5.74, 6) is 1.85. The van der Waals surface area contributed by atoms with Gasteiger partial charge in [-0.2, -0.15) is 5.10 Å². The van der Waals surface area contributed by atoms with Crippen LogP contribution in [0.4, 0.5) is 0 Å². The predicted octanol–water partition coefficient (Wildman–Crippen LogP) is 1.84. The molecule has 3 aromatic rings. The first-order chi connectivity index (χ1) is 11.4. The van der Waals surface area contributed by atoms with E-state index in [9.17, 15) is 0 Å². The summed E-state index contributed by atoms with van der Waals surface area (Å²) >= 11 is 0. The topological polar surface area (TPSA) is 68.5 Å². The number of fused-ring (bicyclic) bond motifs is 1. The normalized spacial score (nSPS) is 17.0. The molecule has 3 heterocycles. The second kappa shape index (κ2) is 6.26. The fourth-order valence-electron chi connectivity index (χ4n) is 2.87. The lowest BCUT2D eigenvalue weighted by Crippen LogP contribution is -2.37. The third-order valence-corrected chi connectivity index (χ3v) is 4.12. The fraction of sp³-hybridized carbons (Fsp3) is 0.294. The van der Waals surface area contributed by atoms with E-state index < -0.39 is 0 Å². The zero-order valence-corrected chi connectivity index (χ0v) is 12.8. The smallest absolute Gasteiger partial charge is 0.159 e. The summed E-state index contributed by atoms with van der Waals surface area (Å²) in [6.07, 6.45) is 5.50. The molecule has 0 bridgehead atoms. The van der Waals surface area contributed by atoms with Crippen molar-refractivity contribution >= 4 is 0 Å². The predicted molar refractivity (Wildman–Crippen MR) is 86.4 cm³/mol. The maximum atomic E-state index is 4.65. The van der Waals surface area contributed by atoms with Gasteiger partial charge in [-0.25, -0.2) is 19.6 Å². The average molecular weight is 306 g/mol. The van der Waals surface area contributed by atoms with Crippen LogP contribution in [-0.2, 0) is 19.5 Å². The number of aromatic nitrogens is 5. The van der Waals surface area contributed by atoms with E-state index in [1.165, 1.54) is 0 Å². The Morgan fingerprint density at radius 1 is 1.13 bits per heavy atom. The lowest BCUT2D eigenvalue weighted by atomic mass is 10.1. The summed E-state index contributed by atoms with van der Waals surface area (Å²) in [5.41, 5.74) is 2.04. The number of benzene rings is 1. The monoisotopic (exact) mass is 306 g/mol. The molecular formula is C17H18N6. The molecule has 116 valence electrons. The second-order valence-corrected chi connectivity index (χ2v) is 5.71. The number of hydrogen-bond donors (Lipinski definition) is 1. The number of hydrogen-bond acceptors (Lipinski definition) is 5. The highest BCUT2D eigenvalue weighted by molar-refractivity contribution is 5.54. The zero-order chi connectivity index (χ0) is 15.5. The van der Waals surface area contributed by atoms with Crippen LogP contribution in [0, 0.1) is 0 Å². The summed E-state index contributed by atoms with van der Waals surface area (Å²) in [6, 6.07) is 12.4. The Bertz CT molecular complexity index is 783. The Balaban J connectivity index is 1.42. The third kappa shape index (κ3) is 3.12. The lowest BCUT2D eigenvalue weighted by Gasteiger charge is -2.23. The van der Waals surface area contributed by atoms with Gasteiger partial charge in [0.15, 0.2) is 5.82 Å². The van der Waals surface area contributed by atoms with Crippen molar-refractivity contribution < 1.29 is 0 Å². The van der Waals surface area contributed by atoms with Crippen LogP contribution in [-0.4, -0.2) is 30.8 Å². The van der Waals surface area contributed by atoms with E-state index in [2.05, 4.69) is 25.4 Å². The SMILES string of the molecule is c1ccc(-c2nccc(CN[C@H]3CCc4ncnn4C3)n2)cc1. The number of nitrogens with one attached hydrogen (secondary N) is 1. The van der Waals surface area contributed by atoms with E-state index in [-0.39, 0.29) is 0 Å². The summed E-state index contributed by atoms with van der Waals surface area (Å²) < 4.78 is 1.98. The maximum absolute atomic E-state index is 4.65. The van der Waals surface area contributed by atoms with Crippen LogP contribution < -0.4 is 5.32 Å². The highest BCUT2D eigenvalue weighted by atomic mass is 15.3. The molecule has 0 fully saturated rings. The largest absolute Gasteiger partial charge is 0.307 e. The highest BCUT2D eigenvalue weighted by Crippen LogP contribution is 2.15. The number of aryl methyl sites for hydroxylation is 1. The van der Waals surface area contributed by atoms with Crippen LogP contribution >= 0.6 is 0 Å². The number of rotatable bonds is 4. The minimum absolute atomic E-state index is 0.402. The highest BCUT2D eigenvalue weighted by Gasteiger charge is 2.19. The van der Waals surface area contributed by atoms with Crippen molar-refractivity contribution in [1.29, 1.82) is 0 Å². The lowest BCUT2D eigenvalue weighted by molar-refractivity contribution is 0.356. The molecule has 0 saturated carbocycles.